The Labute approximate surface area is 136 Å². The molecule has 0 bridgehead atoms. The Bertz CT molecular complexity index is 784. The molecule has 0 atom stereocenters. The van der Waals surface area contributed by atoms with Gasteiger partial charge in [-0.25, -0.2) is 13.1 Å². The first kappa shape index (κ1) is 16.3. The van der Waals surface area contributed by atoms with Gasteiger partial charge in [0.2, 0.25) is 0 Å². The first-order valence-corrected chi connectivity index (χ1v) is 9.05. The minimum absolute atomic E-state index is 0.0527. The standard InChI is InChI=1S/C13H11Cl2NO3S2/c1-2-8-5-12(20-7-8)21(18,19)16-13(17)10-4-3-9(14)6-11(10)15/h3-7H,2H2,1H3,(H,16,17). The fraction of sp³-hybridized carbons (Fsp3) is 0.154. The maximum absolute atomic E-state index is 12.1. The van der Waals surface area contributed by atoms with E-state index in [4.69, 9.17) is 23.2 Å². The van der Waals surface area contributed by atoms with Gasteiger partial charge in [0, 0.05) is 5.02 Å². The second-order valence-corrected chi connectivity index (χ2v) is 7.85. The van der Waals surface area contributed by atoms with Crippen LogP contribution in [0, 0.1) is 0 Å². The molecule has 4 nitrogen and oxygen atoms in total. The Morgan fingerprint density at radius 2 is 2.00 bits per heavy atom. The van der Waals surface area contributed by atoms with Gasteiger partial charge in [-0.05, 0) is 41.6 Å². The average molecular weight is 364 g/mol. The number of carbonyl (C=O) groups excluding carboxylic acids is 1. The van der Waals surface area contributed by atoms with Gasteiger partial charge in [0.1, 0.15) is 4.21 Å². The molecule has 2 aromatic rings. The summed E-state index contributed by atoms with van der Waals surface area (Å²) in [4.78, 5) is 12.0. The number of rotatable bonds is 4. The van der Waals surface area contributed by atoms with Gasteiger partial charge in [0.15, 0.2) is 0 Å². The van der Waals surface area contributed by atoms with Crippen molar-refractivity contribution in [3.05, 3.63) is 50.8 Å². The molecule has 1 aromatic carbocycles. The molecule has 0 spiro atoms. The summed E-state index contributed by atoms with van der Waals surface area (Å²) in [6, 6.07) is 5.77. The van der Waals surface area contributed by atoms with Gasteiger partial charge in [-0.3, -0.25) is 4.79 Å². The number of aryl methyl sites for hydroxylation is 1. The summed E-state index contributed by atoms with van der Waals surface area (Å²) in [5.41, 5.74) is 0.953. The molecule has 0 radical (unpaired) electrons. The van der Waals surface area contributed by atoms with Gasteiger partial charge in [0.05, 0.1) is 10.6 Å². The van der Waals surface area contributed by atoms with Crippen LogP contribution >= 0.6 is 34.5 Å². The van der Waals surface area contributed by atoms with Crippen molar-refractivity contribution in [1.29, 1.82) is 0 Å². The van der Waals surface area contributed by atoms with Gasteiger partial charge in [-0.15, -0.1) is 11.3 Å². The fourth-order valence-electron chi connectivity index (χ4n) is 1.58. The molecule has 1 N–H and O–H groups in total. The van der Waals surface area contributed by atoms with Crippen molar-refractivity contribution in [2.75, 3.05) is 0 Å². The van der Waals surface area contributed by atoms with E-state index in [2.05, 4.69) is 0 Å². The number of halogens is 2. The van der Waals surface area contributed by atoms with E-state index in [0.717, 1.165) is 23.3 Å². The Balaban J connectivity index is 2.25. The van der Waals surface area contributed by atoms with Gasteiger partial charge in [-0.2, -0.15) is 0 Å². The van der Waals surface area contributed by atoms with Crippen molar-refractivity contribution in [3.8, 4) is 0 Å². The largest absolute Gasteiger partial charge is 0.273 e. The molecule has 0 aliphatic carbocycles. The van der Waals surface area contributed by atoms with Crippen molar-refractivity contribution >= 4 is 50.5 Å². The van der Waals surface area contributed by atoms with E-state index in [9.17, 15) is 13.2 Å². The Morgan fingerprint density at radius 1 is 1.29 bits per heavy atom. The van der Waals surface area contributed by atoms with Crippen LogP contribution in [-0.4, -0.2) is 14.3 Å². The zero-order valence-electron chi connectivity index (χ0n) is 10.9. The Hall–Kier alpha value is -1.08. The Morgan fingerprint density at radius 3 is 2.57 bits per heavy atom. The second-order valence-electron chi connectivity index (χ2n) is 4.19. The molecule has 1 aromatic heterocycles. The van der Waals surface area contributed by atoms with Crippen molar-refractivity contribution in [1.82, 2.24) is 4.72 Å². The summed E-state index contributed by atoms with van der Waals surface area (Å²) in [6.45, 7) is 1.92. The molecule has 0 aliphatic heterocycles. The zero-order valence-corrected chi connectivity index (χ0v) is 14.0. The number of nitrogens with one attached hydrogen (secondary N) is 1. The number of sulfonamides is 1. The predicted molar refractivity (Wildman–Crippen MR) is 84.8 cm³/mol. The molecule has 0 saturated heterocycles. The van der Waals surface area contributed by atoms with Gasteiger partial charge >= 0.3 is 0 Å². The molecule has 0 unspecified atom stereocenters. The highest BCUT2D eigenvalue weighted by atomic mass is 35.5. The van der Waals surface area contributed by atoms with Crippen LogP contribution in [0.5, 0.6) is 0 Å². The molecule has 8 heteroatoms. The highest BCUT2D eigenvalue weighted by Crippen LogP contribution is 2.23. The van der Waals surface area contributed by atoms with Gasteiger partial charge in [-0.1, -0.05) is 30.1 Å². The summed E-state index contributed by atoms with van der Waals surface area (Å²) < 4.78 is 26.4. The highest BCUT2D eigenvalue weighted by Gasteiger charge is 2.22. The van der Waals surface area contributed by atoms with Crippen LogP contribution in [0.4, 0.5) is 0 Å². The van der Waals surface area contributed by atoms with E-state index in [1.807, 2.05) is 11.6 Å². The number of carbonyl (C=O) groups is 1. The maximum Gasteiger partial charge on any atom is 0.273 e. The van der Waals surface area contributed by atoms with Gasteiger partial charge in [0.25, 0.3) is 15.9 Å². The molecule has 1 amide bonds. The first-order valence-electron chi connectivity index (χ1n) is 5.93. The molecule has 1 heterocycles. The van der Waals surface area contributed by atoms with Crippen LogP contribution in [0.25, 0.3) is 0 Å². The van der Waals surface area contributed by atoms with Crippen LogP contribution in [0.2, 0.25) is 10.0 Å². The fourth-order valence-corrected chi connectivity index (χ4v) is 4.33. The molecular formula is C13H11Cl2NO3S2. The molecule has 21 heavy (non-hydrogen) atoms. The second kappa shape index (κ2) is 6.36. The van der Waals surface area contributed by atoms with Gasteiger partial charge < -0.3 is 0 Å². The van der Waals surface area contributed by atoms with Crippen LogP contribution in [0.1, 0.15) is 22.8 Å². The number of hydrogen-bond acceptors (Lipinski definition) is 4. The summed E-state index contributed by atoms with van der Waals surface area (Å²) >= 11 is 12.7. The number of hydrogen-bond donors (Lipinski definition) is 1. The highest BCUT2D eigenvalue weighted by molar-refractivity contribution is 7.92. The molecule has 2 rings (SSSR count). The van der Waals surface area contributed by atoms with Crippen molar-refractivity contribution < 1.29 is 13.2 Å². The third-order valence-corrected chi connectivity index (χ3v) is 6.07. The lowest BCUT2D eigenvalue weighted by atomic mass is 10.2. The number of benzene rings is 1. The third kappa shape index (κ3) is 3.77. The van der Waals surface area contributed by atoms with E-state index < -0.39 is 15.9 Å². The van der Waals surface area contributed by atoms with E-state index in [-0.39, 0.29) is 14.8 Å². The number of thiophene rings is 1. The first-order chi connectivity index (χ1) is 9.83. The summed E-state index contributed by atoms with van der Waals surface area (Å²) in [6.07, 6.45) is 0.725. The van der Waals surface area contributed by atoms with Crippen molar-refractivity contribution in [2.24, 2.45) is 0 Å². The number of amides is 1. The summed E-state index contributed by atoms with van der Waals surface area (Å²) in [5.74, 6) is -0.789. The lowest BCUT2D eigenvalue weighted by Gasteiger charge is -2.06. The Kier molecular flexibility index (Phi) is 4.93. The quantitative estimate of drug-likeness (QED) is 0.899. The third-order valence-electron chi connectivity index (χ3n) is 2.71. The predicted octanol–water partition coefficient (Wildman–Crippen LogP) is 3.74. The molecule has 112 valence electrons. The topological polar surface area (TPSA) is 63.2 Å². The van der Waals surface area contributed by atoms with Crippen molar-refractivity contribution in [2.45, 2.75) is 17.6 Å². The molecule has 0 saturated carbocycles. The van der Waals surface area contributed by atoms with E-state index in [1.165, 1.54) is 18.2 Å². The lowest BCUT2D eigenvalue weighted by Crippen LogP contribution is -2.30. The van der Waals surface area contributed by atoms with Crippen molar-refractivity contribution in [3.63, 3.8) is 0 Å². The minimum Gasteiger partial charge on any atom is -0.268 e. The summed E-state index contributed by atoms with van der Waals surface area (Å²) in [7, 11) is -3.90. The molecule has 0 aliphatic rings. The monoisotopic (exact) mass is 363 g/mol. The van der Waals surface area contributed by atoms with E-state index >= 15 is 0 Å². The molecular weight excluding hydrogens is 353 g/mol. The molecule has 0 fully saturated rings. The van der Waals surface area contributed by atoms with Crippen LogP contribution in [0.3, 0.4) is 0 Å². The van der Waals surface area contributed by atoms with E-state index in [1.54, 1.807) is 11.4 Å². The zero-order chi connectivity index (χ0) is 15.6. The normalized spacial score (nSPS) is 11.4. The lowest BCUT2D eigenvalue weighted by molar-refractivity contribution is 0.0981. The maximum atomic E-state index is 12.1. The average Bonchev–Trinajstić information content (AvgIpc) is 2.87. The minimum atomic E-state index is -3.90. The van der Waals surface area contributed by atoms with Crippen LogP contribution in [-0.2, 0) is 16.4 Å². The summed E-state index contributed by atoms with van der Waals surface area (Å²) in [5, 5.41) is 2.20. The SMILES string of the molecule is CCc1csc(S(=O)(=O)NC(=O)c2ccc(Cl)cc2Cl)c1. The van der Waals surface area contributed by atoms with Crippen LogP contribution in [0.15, 0.2) is 33.9 Å². The van der Waals surface area contributed by atoms with Crippen LogP contribution < -0.4 is 4.72 Å². The smallest absolute Gasteiger partial charge is 0.268 e. The van der Waals surface area contributed by atoms with E-state index in [0.29, 0.717) is 5.02 Å².